The highest BCUT2D eigenvalue weighted by Crippen LogP contribution is 2.37. The van der Waals surface area contributed by atoms with Gasteiger partial charge in [-0.1, -0.05) is 39.3 Å². The van der Waals surface area contributed by atoms with Crippen LogP contribution in [0.1, 0.15) is 40.5 Å². The number of allylic oxidation sites excluding steroid dienone is 3. The Morgan fingerprint density at radius 3 is 2.19 bits per heavy atom. The first-order valence-corrected chi connectivity index (χ1v) is 6.50. The standard InChI is InChI=1S/C15H27N/c1-11(2)14-8-7-13(9-10-16(5)6)15(14)12(3)4/h7,11-12H,8-10H2,1-6H3. The van der Waals surface area contributed by atoms with E-state index in [4.69, 9.17) is 0 Å². The first-order valence-electron chi connectivity index (χ1n) is 6.50. The van der Waals surface area contributed by atoms with Crippen LogP contribution in [0.15, 0.2) is 22.8 Å². The molecule has 1 rings (SSSR count). The van der Waals surface area contributed by atoms with E-state index in [-0.39, 0.29) is 0 Å². The van der Waals surface area contributed by atoms with Gasteiger partial charge in [0.1, 0.15) is 0 Å². The maximum Gasteiger partial charge on any atom is 0.00157 e. The van der Waals surface area contributed by atoms with Crippen LogP contribution in [0.25, 0.3) is 0 Å². The fourth-order valence-corrected chi connectivity index (χ4v) is 2.53. The topological polar surface area (TPSA) is 3.24 Å². The molecule has 0 saturated carbocycles. The predicted octanol–water partition coefficient (Wildman–Crippen LogP) is 3.88. The van der Waals surface area contributed by atoms with Crippen molar-refractivity contribution < 1.29 is 0 Å². The zero-order valence-corrected chi connectivity index (χ0v) is 11.8. The molecule has 0 bridgehead atoms. The monoisotopic (exact) mass is 221 g/mol. The average Bonchev–Trinajstić information content (AvgIpc) is 2.57. The zero-order chi connectivity index (χ0) is 12.3. The molecule has 0 spiro atoms. The molecule has 16 heavy (non-hydrogen) atoms. The van der Waals surface area contributed by atoms with Gasteiger partial charge in [-0.05, 0) is 49.9 Å². The van der Waals surface area contributed by atoms with E-state index in [0.29, 0.717) is 11.8 Å². The summed E-state index contributed by atoms with van der Waals surface area (Å²) in [6.45, 7) is 10.5. The second-order valence-corrected chi connectivity index (χ2v) is 5.74. The Labute approximate surface area is 101 Å². The molecule has 0 N–H and O–H groups in total. The van der Waals surface area contributed by atoms with Gasteiger partial charge in [-0.25, -0.2) is 0 Å². The lowest BCUT2D eigenvalue weighted by Gasteiger charge is -2.19. The van der Waals surface area contributed by atoms with E-state index in [1.807, 2.05) is 0 Å². The molecule has 0 atom stereocenters. The fourth-order valence-electron chi connectivity index (χ4n) is 2.53. The molecule has 0 radical (unpaired) electrons. The Kier molecular flexibility index (Phi) is 4.79. The lowest BCUT2D eigenvalue weighted by molar-refractivity contribution is 0.413. The van der Waals surface area contributed by atoms with Crippen LogP contribution >= 0.6 is 0 Å². The molecule has 1 aliphatic carbocycles. The predicted molar refractivity (Wildman–Crippen MR) is 72.6 cm³/mol. The van der Waals surface area contributed by atoms with Crippen LogP contribution in [-0.2, 0) is 0 Å². The lowest BCUT2D eigenvalue weighted by Crippen LogP contribution is -2.14. The van der Waals surface area contributed by atoms with Gasteiger partial charge in [-0.15, -0.1) is 0 Å². The number of hydrogen-bond acceptors (Lipinski definition) is 1. The van der Waals surface area contributed by atoms with Crippen LogP contribution in [0.3, 0.4) is 0 Å². The highest BCUT2D eigenvalue weighted by Gasteiger charge is 2.21. The minimum atomic E-state index is 0.674. The molecule has 0 aromatic heterocycles. The van der Waals surface area contributed by atoms with E-state index in [1.165, 1.54) is 12.8 Å². The number of rotatable bonds is 5. The summed E-state index contributed by atoms with van der Waals surface area (Å²) in [5.41, 5.74) is 4.92. The second-order valence-electron chi connectivity index (χ2n) is 5.74. The normalized spacial score (nSPS) is 16.9. The van der Waals surface area contributed by atoms with Gasteiger partial charge >= 0.3 is 0 Å². The summed E-state index contributed by atoms with van der Waals surface area (Å²) in [5.74, 6) is 1.37. The van der Waals surface area contributed by atoms with Gasteiger partial charge in [0.25, 0.3) is 0 Å². The summed E-state index contributed by atoms with van der Waals surface area (Å²) in [6.07, 6.45) is 4.85. The third kappa shape index (κ3) is 3.21. The van der Waals surface area contributed by atoms with Crippen LogP contribution in [0, 0.1) is 11.8 Å². The van der Waals surface area contributed by atoms with E-state index in [2.05, 4.69) is 52.8 Å². The van der Waals surface area contributed by atoms with Crippen molar-refractivity contribution in [1.82, 2.24) is 4.90 Å². The molecule has 1 nitrogen and oxygen atoms in total. The van der Waals surface area contributed by atoms with Crippen LogP contribution < -0.4 is 0 Å². The quantitative estimate of drug-likeness (QED) is 0.681. The van der Waals surface area contributed by atoms with Gasteiger partial charge < -0.3 is 4.90 Å². The van der Waals surface area contributed by atoms with E-state index < -0.39 is 0 Å². The lowest BCUT2D eigenvalue weighted by atomic mass is 9.88. The Hall–Kier alpha value is -0.560. The maximum absolute atomic E-state index is 2.45. The first kappa shape index (κ1) is 13.5. The number of hydrogen-bond donors (Lipinski definition) is 0. The molecule has 0 saturated heterocycles. The molecule has 0 aromatic rings. The van der Waals surface area contributed by atoms with Crippen molar-refractivity contribution in [1.29, 1.82) is 0 Å². The van der Waals surface area contributed by atoms with Crippen molar-refractivity contribution in [2.45, 2.75) is 40.5 Å². The van der Waals surface area contributed by atoms with Gasteiger partial charge in [0, 0.05) is 6.54 Å². The van der Waals surface area contributed by atoms with Crippen LogP contribution in [0.4, 0.5) is 0 Å². The Morgan fingerprint density at radius 1 is 1.12 bits per heavy atom. The summed E-state index contributed by atoms with van der Waals surface area (Å²) < 4.78 is 0. The Bertz CT molecular complexity index is 293. The van der Waals surface area contributed by atoms with Gasteiger partial charge in [0.05, 0.1) is 0 Å². The van der Waals surface area contributed by atoms with E-state index >= 15 is 0 Å². The minimum absolute atomic E-state index is 0.674. The summed E-state index contributed by atoms with van der Waals surface area (Å²) in [6, 6.07) is 0. The smallest absolute Gasteiger partial charge is 0.00157 e. The first-order chi connectivity index (χ1) is 7.43. The van der Waals surface area contributed by atoms with Crippen molar-refractivity contribution in [3.8, 4) is 0 Å². The van der Waals surface area contributed by atoms with Crippen molar-refractivity contribution in [2.24, 2.45) is 11.8 Å². The summed E-state index contributed by atoms with van der Waals surface area (Å²) in [5, 5.41) is 0. The molecule has 0 fully saturated rings. The van der Waals surface area contributed by atoms with Crippen LogP contribution in [0.2, 0.25) is 0 Å². The van der Waals surface area contributed by atoms with Crippen molar-refractivity contribution in [3.63, 3.8) is 0 Å². The third-order valence-corrected chi connectivity index (χ3v) is 3.36. The molecule has 0 aromatic carbocycles. The van der Waals surface area contributed by atoms with Gasteiger partial charge in [-0.3, -0.25) is 0 Å². The molecular formula is C15H27N. The van der Waals surface area contributed by atoms with Crippen molar-refractivity contribution in [3.05, 3.63) is 22.8 Å². The Balaban J connectivity index is 2.79. The summed E-state index contributed by atoms with van der Waals surface area (Å²) >= 11 is 0. The van der Waals surface area contributed by atoms with Crippen LogP contribution in [0.5, 0.6) is 0 Å². The molecule has 0 amide bonds. The highest BCUT2D eigenvalue weighted by molar-refractivity contribution is 5.44. The molecule has 0 aliphatic heterocycles. The highest BCUT2D eigenvalue weighted by atomic mass is 15.0. The van der Waals surface area contributed by atoms with E-state index in [9.17, 15) is 0 Å². The number of nitrogens with zero attached hydrogens (tertiary/aromatic N) is 1. The molecule has 1 heteroatoms. The largest absolute Gasteiger partial charge is 0.309 e. The SMILES string of the molecule is CC(C)C1=C(C(C)C)C(CCN(C)C)=CC1. The minimum Gasteiger partial charge on any atom is -0.309 e. The maximum atomic E-state index is 2.45. The van der Waals surface area contributed by atoms with Crippen LogP contribution in [-0.4, -0.2) is 25.5 Å². The molecule has 92 valence electrons. The zero-order valence-electron chi connectivity index (χ0n) is 11.8. The summed E-state index contributed by atoms with van der Waals surface area (Å²) in [4.78, 5) is 2.27. The average molecular weight is 221 g/mol. The fraction of sp³-hybridized carbons (Fsp3) is 0.733. The molecule has 0 heterocycles. The van der Waals surface area contributed by atoms with Crippen molar-refractivity contribution in [2.75, 3.05) is 20.6 Å². The molecule has 1 aliphatic rings. The van der Waals surface area contributed by atoms with Gasteiger partial charge in [-0.2, -0.15) is 0 Å². The summed E-state index contributed by atoms with van der Waals surface area (Å²) in [7, 11) is 4.30. The third-order valence-electron chi connectivity index (χ3n) is 3.36. The Morgan fingerprint density at radius 2 is 1.75 bits per heavy atom. The van der Waals surface area contributed by atoms with E-state index in [1.54, 1.807) is 16.7 Å². The second kappa shape index (κ2) is 5.67. The van der Waals surface area contributed by atoms with Crippen molar-refractivity contribution >= 4 is 0 Å². The van der Waals surface area contributed by atoms with E-state index in [0.717, 1.165) is 6.54 Å². The molecule has 0 unspecified atom stereocenters. The molecular weight excluding hydrogens is 194 g/mol. The van der Waals surface area contributed by atoms with Gasteiger partial charge in [0.15, 0.2) is 0 Å². The van der Waals surface area contributed by atoms with Gasteiger partial charge in [0.2, 0.25) is 0 Å².